The van der Waals surface area contributed by atoms with Gasteiger partial charge >= 0.3 is 0 Å². The molecule has 0 aliphatic carbocycles. The van der Waals surface area contributed by atoms with Crippen LogP contribution < -0.4 is 20.7 Å². The van der Waals surface area contributed by atoms with Crippen molar-refractivity contribution in [2.45, 2.75) is 27.3 Å². The molecule has 7 heteroatoms. The van der Waals surface area contributed by atoms with Crippen molar-refractivity contribution in [1.29, 1.82) is 0 Å². The molecule has 1 aromatic carbocycles. The van der Waals surface area contributed by atoms with Gasteiger partial charge in [-0.05, 0) is 18.6 Å². The van der Waals surface area contributed by atoms with Gasteiger partial charge in [0.25, 0.3) is 0 Å². The van der Waals surface area contributed by atoms with Gasteiger partial charge in [0.1, 0.15) is 5.75 Å². The van der Waals surface area contributed by atoms with Crippen LogP contribution in [-0.4, -0.2) is 39.1 Å². The molecular formula is C17H29IN4O2. The Balaban J connectivity index is 0.00000529. The SMILES string of the molecule is CN=C(NCCNC(=O)C(C)C)NCc1ccc(C)cc1OC.I. The molecule has 0 aliphatic heterocycles. The second-order valence-electron chi connectivity index (χ2n) is 5.61. The average molecular weight is 448 g/mol. The number of amides is 1. The fourth-order valence-electron chi connectivity index (χ4n) is 1.97. The van der Waals surface area contributed by atoms with E-state index in [1.807, 2.05) is 32.9 Å². The van der Waals surface area contributed by atoms with E-state index in [1.54, 1.807) is 14.2 Å². The number of nitrogens with one attached hydrogen (secondary N) is 3. The second kappa shape index (κ2) is 11.9. The maximum absolute atomic E-state index is 11.5. The number of carbonyl (C=O) groups is 1. The summed E-state index contributed by atoms with van der Waals surface area (Å²) in [4.78, 5) is 15.6. The molecule has 0 aliphatic rings. The number of guanidine groups is 1. The van der Waals surface area contributed by atoms with E-state index in [9.17, 15) is 4.79 Å². The third-order valence-electron chi connectivity index (χ3n) is 3.35. The highest BCUT2D eigenvalue weighted by atomic mass is 127. The Morgan fingerprint density at radius 3 is 2.46 bits per heavy atom. The number of hydrogen-bond acceptors (Lipinski definition) is 3. The van der Waals surface area contributed by atoms with Crippen LogP contribution in [0.25, 0.3) is 0 Å². The molecule has 0 saturated heterocycles. The predicted molar refractivity (Wildman–Crippen MR) is 109 cm³/mol. The lowest BCUT2D eigenvalue weighted by molar-refractivity contribution is -0.123. The lowest BCUT2D eigenvalue weighted by Gasteiger charge is -2.14. The van der Waals surface area contributed by atoms with Crippen molar-refractivity contribution in [3.05, 3.63) is 29.3 Å². The molecular weight excluding hydrogens is 419 g/mol. The van der Waals surface area contributed by atoms with E-state index < -0.39 is 0 Å². The summed E-state index contributed by atoms with van der Waals surface area (Å²) < 4.78 is 5.39. The highest BCUT2D eigenvalue weighted by molar-refractivity contribution is 14.0. The molecule has 0 atom stereocenters. The normalized spacial score (nSPS) is 10.8. The van der Waals surface area contributed by atoms with E-state index in [2.05, 4.69) is 27.0 Å². The third kappa shape index (κ3) is 7.85. The Hall–Kier alpha value is -1.51. The van der Waals surface area contributed by atoms with Crippen LogP contribution in [-0.2, 0) is 11.3 Å². The van der Waals surface area contributed by atoms with E-state index >= 15 is 0 Å². The minimum atomic E-state index is 0. The van der Waals surface area contributed by atoms with Gasteiger partial charge in [-0.25, -0.2) is 0 Å². The zero-order valence-corrected chi connectivity index (χ0v) is 17.4. The third-order valence-corrected chi connectivity index (χ3v) is 3.35. The Kier molecular flexibility index (Phi) is 11.2. The standard InChI is InChI=1S/C17H28N4O2.HI/c1-12(2)16(22)19-8-9-20-17(18-4)21-11-14-7-6-13(3)10-15(14)23-5;/h6-7,10,12H,8-9,11H2,1-5H3,(H,19,22)(H2,18,20,21);1H. The highest BCUT2D eigenvalue weighted by Crippen LogP contribution is 2.19. The summed E-state index contributed by atoms with van der Waals surface area (Å²) in [5.74, 6) is 1.60. The van der Waals surface area contributed by atoms with Crippen molar-refractivity contribution < 1.29 is 9.53 Å². The van der Waals surface area contributed by atoms with Crippen LogP contribution in [0.5, 0.6) is 5.75 Å². The van der Waals surface area contributed by atoms with E-state index in [-0.39, 0.29) is 35.8 Å². The molecule has 0 radical (unpaired) electrons. The quantitative estimate of drug-likeness (QED) is 0.259. The predicted octanol–water partition coefficient (Wildman–Crippen LogP) is 2.06. The number of benzene rings is 1. The first-order valence-corrected chi connectivity index (χ1v) is 7.83. The van der Waals surface area contributed by atoms with Gasteiger partial charge in [0.2, 0.25) is 5.91 Å². The van der Waals surface area contributed by atoms with Crippen molar-refractivity contribution >= 4 is 35.8 Å². The van der Waals surface area contributed by atoms with E-state index in [4.69, 9.17) is 4.74 Å². The van der Waals surface area contributed by atoms with Gasteiger partial charge in [-0.2, -0.15) is 0 Å². The number of aliphatic imine (C=N–C) groups is 1. The monoisotopic (exact) mass is 448 g/mol. The van der Waals surface area contributed by atoms with E-state index in [0.29, 0.717) is 25.6 Å². The zero-order valence-electron chi connectivity index (χ0n) is 15.1. The second-order valence-corrected chi connectivity index (χ2v) is 5.61. The molecule has 0 fully saturated rings. The van der Waals surface area contributed by atoms with Crippen molar-refractivity contribution in [2.24, 2.45) is 10.9 Å². The van der Waals surface area contributed by atoms with Crippen molar-refractivity contribution in [2.75, 3.05) is 27.2 Å². The summed E-state index contributed by atoms with van der Waals surface area (Å²) in [5, 5.41) is 9.26. The summed E-state index contributed by atoms with van der Waals surface area (Å²) in [6.07, 6.45) is 0. The smallest absolute Gasteiger partial charge is 0.222 e. The van der Waals surface area contributed by atoms with Crippen LogP contribution in [0.2, 0.25) is 0 Å². The molecule has 6 nitrogen and oxygen atoms in total. The molecule has 0 bridgehead atoms. The van der Waals surface area contributed by atoms with E-state index in [0.717, 1.165) is 16.9 Å². The minimum absolute atomic E-state index is 0. The lowest BCUT2D eigenvalue weighted by Crippen LogP contribution is -2.41. The number of nitrogens with zero attached hydrogens (tertiary/aromatic N) is 1. The molecule has 1 aromatic rings. The number of halogens is 1. The van der Waals surface area contributed by atoms with Gasteiger partial charge in [-0.3, -0.25) is 9.79 Å². The van der Waals surface area contributed by atoms with Crippen molar-refractivity contribution in [3.63, 3.8) is 0 Å². The first kappa shape index (κ1) is 22.5. The Labute approximate surface area is 161 Å². The molecule has 1 amide bonds. The summed E-state index contributed by atoms with van der Waals surface area (Å²) in [6.45, 7) is 7.57. The Bertz CT molecular complexity index is 547. The molecule has 1 rings (SSSR count). The van der Waals surface area contributed by atoms with E-state index in [1.165, 1.54) is 0 Å². The van der Waals surface area contributed by atoms with Crippen LogP contribution in [0, 0.1) is 12.8 Å². The highest BCUT2D eigenvalue weighted by Gasteiger charge is 2.06. The van der Waals surface area contributed by atoms with Crippen molar-refractivity contribution in [1.82, 2.24) is 16.0 Å². The molecule has 0 aromatic heterocycles. The number of ether oxygens (including phenoxy) is 1. The topological polar surface area (TPSA) is 74.8 Å². The molecule has 24 heavy (non-hydrogen) atoms. The van der Waals surface area contributed by atoms with Gasteiger partial charge in [0, 0.05) is 38.2 Å². The largest absolute Gasteiger partial charge is 0.496 e. The van der Waals surface area contributed by atoms with Gasteiger partial charge in [0.05, 0.1) is 7.11 Å². The molecule has 0 saturated carbocycles. The number of aryl methyl sites for hydroxylation is 1. The van der Waals surface area contributed by atoms with Gasteiger partial charge < -0.3 is 20.7 Å². The lowest BCUT2D eigenvalue weighted by atomic mass is 10.1. The number of methoxy groups -OCH3 is 1. The van der Waals surface area contributed by atoms with Crippen LogP contribution in [0.15, 0.2) is 23.2 Å². The molecule has 0 heterocycles. The first-order chi connectivity index (χ1) is 11.0. The summed E-state index contributed by atoms with van der Waals surface area (Å²) in [7, 11) is 3.39. The molecule has 0 spiro atoms. The molecule has 136 valence electrons. The van der Waals surface area contributed by atoms with Crippen molar-refractivity contribution in [3.8, 4) is 5.75 Å². The van der Waals surface area contributed by atoms with Gasteiger partial charge in [-0.15, -0.1) is 24.0 Å². The number of hydrogen-bond donors (Lipinski definition) is 3. The minimum Gasteiger partial charge on any atom is -0.496 e. The maximum Gasteiger partial charge on any atom is 0.222 e. The first-order valence-electron chi connectivity index (χ1n) is 7.83. The fraction of sp³-hybridized carbons (Fsp3) is 0.529. The summed E-state index contributed by atoms with van der Waals surface area (Å²) in [6, 6.07) is 6.10. The molecule has 3 N–H and O–H groups in total. The van der Waals surface area contributed by atoms with Crippen LogP contribution in [0.3, 0.4) is 0 Å². The Morgan fingerprint density at radius 2 is 1.88 bits per heavy atom. The summed E-state index contributed by atoms with van der Waals surface area (Å²) >= 11 is 0. The van der Waals surface area contributed by atoms with Gasteiger partial charge in [0.15, 0.2) is 5.96 Å². The van der Waals surface area contributed by atoms with Crippen LogP contribution >= 0.6 is 24.0 Å². The van der Waals surface area contributed by atoms with Gasteiger partial charge in [-0.1, -0.05) is 26.0 Å². The number of carbonyl (C=O) groups excluding carboxylic acids is 1. The summed E-state index contributed by atoms with van der Waals surface area (Å²) in [5.41, 5.74) is 2.23. The fourth-order valence-corrected chi connectivity index (χ4v) is 1.97. The maximum atomic E-state index is 11.5. The molecule has 0 unspecified atom stereocenters. The zero-order chi connectivity index (χ0) is 17.2. The average Bonchev–Trinajstić information content (AvgIpc) is 2.54. The number of rotatable bonds is 7. The Morgan fingerprint density at radius 1 is 1.21 bits per heavy atom. The van der Waals surface area contributed by atoms with Crippen LogP contribution in [0.1, 0.15) is 25.0 Å². The van der Waals surface area contributed by atoms with Crippen LogP contribution in [0.4, 0.5) is 0 Å².